The summed E-state index contributed by atoms with van der Waals surface area (Å²) in [6.45, 7) is -0.102. The molecular weight excluding hydrogens is 252 g/mol. The van der Waals surface area contributed by atoms with Crippen molar-refractivity contribution >= 4 is 11.2 Å². The summed E-state index contributed by atoms with van der Waals surface area (Å²) in [5, 5.41) is 27.0. The number of hydrogen-bond acceptors (Lipinski definition) is 7. The molecule has 1 fully saturated rings. The standard InChI is InChI=1S/C10H14N6O3/c11-6-4(2-17)1-5(8(6)18)16-9-7(14-15-16)10(19)13-3-12-9/h3-6,8,17-18H,1-2,11H2,(H,12,13,19). The van der Waals surface area contributed by atoms with Gasteiger partial charge < -0.3 is 20.9 Å². The van der Waals surface area contributed by atoms with Gasteiger partial charge in [-0.2, -0.15) is 0 Å². The summed E-state index contributed by atoms with van der Waals surface area (Å²) in [5.74, 6) is -0.207. The van der Waals surface area contributed by atoms with Gasteiger partial charge in [-0.25, -0.2) is 9.67 Å². The molecule has 2 aromatic heterocycles. The Labute approximate surface area is 107 Å². The Morgan fingerprint density at radius 3 is 3.05 bits per heavy atom. The average Bonchev–Trinajstić information content (AvgIpc) is 2.94. The lowest BCUT2D eigenvalue weighted by Crippen LogP contribution is -2.38. The monoisotopic (exact) mass is 266 g/mol. The molecule has 19 heavy (non-hydrogen) atoms. The third-order valence-electron chi connectivity index (χ3n) is 3.69. The Balaban J connectivity index is 2.06. The van der Waals surface area contributed by atoms with E-state index in [2.05, 4.69) is 20.3 Å². The third kappa shape index (κ3) is 1.74. The number of aliphatic hydroxyl groups is 2. The first kappa shape index (κ1) is 12.2. The summed E-state index contributed by atoms with van der Waals surface area (Å²) < 4.78 is 1.41. The van der Waals surface area contributed by atoms with Crippen LogP contribution in [0.5, 0.6) is 0 Å². The molecule has 1 aliphatic carbocycles. The van der Waals surface area contributed by atoms with Crippen LogP contribution in [-0.2, 0) is 0 Å². The molecule has 0 aliphatic heterocycles. The molecule has 3 rings (SSSR count). The molecule has 0 saturated heterocycles. The predicted molar refractivity (Wildman–Crippen MR) is 64.2 cm³/mol. The molecule has 4 unspecified atom stereocenters. The lowest BCUT2D eigenvalue weighted by molar-refractivity contribution is 0.109. The highest BCUT2D eigenvalue weighted by Gasteiger charge is 2.42. The van der Waals surface area contributed by atoms with Crippen LogP contribution in [-0.4, -0.2) is 53.9 Å². The number of nitrogens with zero attached hydrogens (tertiary/aromatic N) is 4. The van der Waals surface area contributed by atoms with Crippen molar-refractivity contribution < 1.29 is 10.2 Å². The van der Waals surface area contributed by atoms with Gasteiger partial charge in [0.2, 0.25) is 0 Å². The van der Waals surface area contributed by atoms with E-state index in [1.54, 1.807) is 0 Å². The van der Waals surface area contributed by atoms with E-state index in [0.717, 1.165) is 0 Å². The molecule has 4 atom stereocenters. The molecule has 0 spiro atoms. The molecule has 9 heteroatoms. The second kappa shape index (κ2) is 4.37. The van der Waals surface area contributed by atoms with Gasteiger partial charge >= 0.3 is 0 Å². The maximum atomic E-state index is 11.5. The van der Waals surface area contributed by atoms with E-state index in [4.69, 9.17) is 5.73 Å². The first-order chi connectivity index (χ1) is 9.13. The summed E-state index contributed by atoms with van der Waals surface area (Å²) in [7, 11) is 0. The fourth-order valence-electron chi connectivity index (χ4n) is 2.58. The highest BCUT2D eigenvalue weighted by molar-refractivity contribution is 5.67. The third-order valence-corrected chi connectivity index (χ3v) is 3.69. The van der Waals surface area contributed by atoms with Crippen molar-refractivity contribution in [3.63, 3.8) is 0 Å². The van der Waals surface area contributed by atoms with Crippen molar-refractivity contribution in [1.29, 1.82) is 0 Å². The van der Waals surface area contributed by atoms with E-state index in [-0.39, 0.29) is 23.6 Å². The highest BCUT2D eigenvalue weighted by Crippen LogP contribution is 2.34. The summed E-state index contributed by atoms with van der Waals surface area (Å²) in [5.41, 5.74) is 5.89. The molecule has 9 nitrogen and oxygen atoms in total. The molecule has 0 aromatic carbocycles. The molecule has 2 aromatic rings. The normalized spacial score (nSPS) is 31.1. The van der Waals surface area contributed by atoms with Gasteiger partial charge in [0.15, 0.2) is 11.2 Å². The maximum absolute atomic E-state index is 11.5. The van der Waals surface area contributed by atoms with E-state index in [1.165, 1.54) is 11.0 Å². The maximum Gasteiger partial charge on any atom is 0.280 e. The minimum Gasteiger partial charge on any atom is -0.396 e. The molecule has 0 amide bonds. The zero-order valence-corrected chi connectivity index (χ0v) is 9.97. The van der Waals surface area contributed by atoms with E-state index < -0.39 is 18.2 Å². The SMILES string of the molecule is NC1C(CO)CC(n2nnc3c(=O)[nH]cnc32)C1O. The zero-order chi connectivity index (χ0) is 13.6. The minimum absolute atomic E-state index is 0.102. The summed E-state index contributed by atoms with van der Waals surface area (Å²) in [4.78, 5) is 18.0. The van der Waals surface area contributed by atoms with Crippen LogP contribution in [0, 0.1) is 5.92 Å². The second-order valence-corrected chi connectivity index (χ2v) is 4.75. The van der Waals surface area contributed by atoms with Crippen LogP contribution in [0.25, 0.3) is 11.2 Å². The first-order valence-electron chi connectivity index (χ1n) is 5.96. The van der Waals surface area contributed by atoms with E-state index in [0.29, 0.717) is 12.1 Å². The van der Waals surface area contributed by atoms with Gasteiger partial charge in [-0.05, 0) is 6.42 Å². The molecule has 2 heterocycles. The quantitative estimate of drug-likeness (QED) is 0.481. The van der Waals surface area contributed by atoms with Gasteiger partial charge in [-0.3, -0.25) is 4.79 Å². The lowest BCUT2D eigenvalue weighted by Gasteiger charge is -2.17. The Morgan fingerprint density at radius 2 is 2.37 bits per heavy atom. The second-order valence-electron chi connectivity index (χ2n) is 4.75. The summed E-state index contributed by atoms with van der Waals surface area (Å²) >= 11 is 0. The van der Waals surface area contributed by atoms with Gasteiger partial charge in [-0.1, -0.05) is 5.21 Å². The van der Waals surface area contributed by atoms with Crippen LogP contribution < -0.4 is 11.3 Å². The Hall–Kier alpha value is -1.84. The topological polar surface area (TPSA) is 143 Å². The fourth-order valence-corrected chi connectivity index (χ4v) is 2.58. The Kier molecular flexibility index (Phi) is 2.81. The van der Waals surface area contributed by atoms with E-state index in [9.17, 15) is 15.0 Å². The molecule has 5 N–H and O–H groups in total. The number of aliphatic hydroxyl groups excluding tert-OH is 2. The molecule has 102 valence electrons. The number of nitrogens with two attached hydrogens (primary N) is 1. The molecule has 1 saturated carbocycles. The minimum atomic E-state index is -0.858. The molecular formula is C10H14N6O3. The van der Waals surface area contributed by atoms with Crippen molar-refractivity contribution in [3.05, 3.63) is 16.7 Å². The average molecular weight is 266 g/mol. The zero-order valence-electron chi connectivity index (χ0n) is 9.97. The molecule has 0 bridgehead atoms. The number of fused-ring (bicyclic) bond motifs is 1. The predicted octanol–water partition coefficient (Wildman–Crippen LogP) is -2.24. The number of aromatic amines is 1. The van der Waals surface area contributed by atoms with Crippen LogP contribution in [0.15, 0.2) is 11.1 Å². The molecule has 0 radical (unpaired) electrons. The van der Waals surface area contributed by atoms with Crippen LogP contribution in [0.2, 0.25) is 0 Å². The van der Waals surface area contributed by atoms with Gasteiger partial charge in [0.25, 0.3) is 5.56 Å². The Morgan fingerprint density at radius 1 is 1.58 bits per heavy atom. The number of aromatic nitrogens is 5. The summed E-state index contributed by atoms with van der Waals surface area (Å²) in [6, 6.07) is -0.970. The van der Waals surface area contributed by atoms with Gasteiger partial charge in [0.1, 0.15) is 0 Å². The smallest absolute Gasteiger partial charge is 0.280 e. The lowest BCUT2D eigenvalue weighted by atomic mass is 10.1. The number of rotatable bonds is 2. The highest BCUT2D eigenvalue weighted by atomic mass is 16.3. The van der Waals surface area contributed by atoms with Crippen LogP contribution in [0.3, 0.4) is 0 Å². The van der Waals surface area contributed by atoms with Crippen LogP contribution >= 0.6 is 0 Å². The van der Waals surface area contributed by atoms with Crippen molar-refractivity contribution in [2.24, 2.45) is 11.7 Å². The number of H-pyrrole nitrogens is 1. The van der Waals surface area contributed by atoms with E-state index >= 15 is 0 Å². The first-order valence-corrected chi connectivity index (χ1v) is 5.96. The Bertz CT molecular complexity index is 652. The number of nitrogens with one attached hydrogen (secondary N) is 1. The van der Waals surface area contributed by atoms with Gasteiger partial charge in [0.05, 0.1) is 18.5 Å². The van der Waals surface area contributed by atoms with Crippen molar-refractivity contribution in [2.75, 3.05) is 6.61 Å². The fraction of sp³-hybridized carbons (Fsp3) is 0.600. The molecule has 1 aliphatic rings. The largest absolute Gasteiger partial charge is 0.396 e. The van der Waals surface area contributed by atoms with E-state index in [1.807, 2.05) is 0 Å². The van der Waals surface area contributed by atoms with Crippen molar-refractivity contribution in [1.82, 2.24) is 25.0 Å². The van der Waals surface area contributed by atoms with Crippen LogP contribution in [0.4, 0.5) is 0 Å². The summed E-state index contributed by atoms with van der Waals surface area (Å²) in [6.07, 6.45) is 0.865. The van der Waals surface area contributed by atoms with Crippen LogP contribution in [0.1, 0.15) is 12.5 Å². The van der Waals surface area contributed by atoms with Crippen molar-refractivity contribution in [3.8, 4) is 0 Å². The van der Waals surface area contributed by atoms with Gasteiger partial charge in [0, 0.05) is 18.6 Å². The van der Waals surface area contributed by atoms with Gasteiger partial charge in [-0.15, -0.1) is 5.10 Å². The number of hydrogen-bond donors (Lipinski definition) is 4. The van der Waals surface area contributed by atoms with Crippen molar-refractivity contribution in [2.45, 2.75) is 24.6 Å².